The van der Waals surface area contributed by atoms with E-state index in [4.69, 9.17) is 0 Å². The van der Waals surface area contributed by atoms with Crippen molar-refractivity contribution in [1.29, 1.82) is 0 Å². The summed E-state index contributed by atoms with van der Waals surface area (Å²) in [6, 6.07) is -0.157. The molecule has 0 radical (unpaired) electrons. The van der Waals surface area contributed by atoms with Crippen LogP contribution in [0.1, 0.15) is 6.42 Å². The van der Waals surface area contributed by atoms with Gasteiger partial charge in [0.1, 0.15) is 0 Å². The standard InChI is InChI=1S/C5H13F2NO2SSi/c1-11(9,10)8-4-3-5-12(2,6)7/h8H,3-5H2,1-2H3. The Labute approximate surface area is 72.6 Å². The molecule has 0 aromatic rings. The summed E-state index contributed by atoms with van der Waals surface area (Å²) in [6.07, 6.45) is 1.22. The van der Waals surface area contributed by atoms with Gasteiger partial charge in [0.25, 0.3) is 0 Å². The summed E-state index contributed by atoms with van der Waals surface area (Å²) in [5, 5.41) is 0. The van der Waals surface area contributed by atoms with E-state index in [-0.39, 0.29) is 19.0 Å². The third kappa shape index (κ3) is 9.99. The molecule has 74 valence electrons. The van der Waals surface area contributed by atoms with Crippen molar-refractivity contribution in [2.75, 3.05) is 12.8 Å². The molecular formula is C5H13F2NO2SSi. The van der Waals surface area contributed by atoms with Crippen molar-refractivity contribution in [3.63, 3.8) is 0 Å². The van der Waals surface area contributed by atoms with Crippen LogP contribution < -0.4 is 4.72 Å². The molecule has 0 heterocycles. The van der Waals surface area contributed by atoms with Crippen LogP contribution in [0, 0.1) is 0 Å². The number of hydrogen-bond acceptors (Lipinski definition) is 2. The van der Waals surface area contributed by atoms with E-state index >= 15 is 0 Å². The van der Waals surface area contributed by atoms with E-state index in [9.17, 15) is 16.6 Å². The zero-order valence-corrected chi connectivity index (χ0v) is 8.92. The van der Waals surface area contributed by atoms with E-state index in [1.54, 1.807) is 0 Å². The third-order valence-electron chi connectivity index (χ3n) is 1.16. The fourth-order valence-electron chi connectivity index (χ4n) is 0.656. The van der Waals surface area contributed by atoms with Crippen molar-refractivity contribution in [2.45, 2.75) is 19.0 Å². The molecule has 0 aromatic heterocycles. The largest absolute Gasteiger partial charge is 0.422 e. The van der Waals surface area contributed by atoms with Crippen LogP contribution in [-0.4, -0.2) is 30.0 Å². The molecule has 0 aliphatic rings. The lowest BCUT2D eigenvalue weighted by Crippen LogP contribution is -2.25. The maximum absolute atomic E-state index is 12.3. The van der Waals surface area contributed by atoms with E-state index in [0.717, 1.165) is 12.8 Å². The molecule has 0 aliphatic carbocycles. The Morgan fingerprint density at radius 1 is 1.42 bits per heavy atom. The Morgan fingerprint density at radius 2 is 1.92 bits per heavy atom. The summed E-state index contributed by atoms with van der Waals surface area (Å²) in [5.41, 5.74) is 0. The first-order valence-corrected chi connectivity index (χ1v) is 7.89. The van der Waals surface area contributed by atoms with Crippen LogP contribution in [-0.2, 0) is 10.0 Å². The van der Waals surface area contributed by atoms with Gasteiger partial charge in [0, 0.05) is 6.54 Å². The lowest BCUT2D eigenvalue weighted by molar-refractivity contribution is 0.576. The molecule has 0 bridgehead atoms. The van der Waals surface area contributed by atoms with Crippen molar-refractivity contribution in [2.24, 2.45) is 0 Å². The molecule has 0 fully saturated rings. The van der Waals surface area contributed by atoms with Gasteiger partial charge in [-0.1, -0.05) is 0 Å². The molecule has 3 nitrogen and oxygen atoms in total. The smallest absolute Gasteiger partial charge is 0.271 e. The Hall–Kier alpha value is -0.0131. The van der Waals surface area contributed by atoms with Gasteiger partial charge in [0.05, 0.1) is 6.26 Å². The van der Waals surface area contributed by atoms with Crippen LogP contribution in [0.2, 0.25) is 12.6 Å². The van der Waals surface area contributed by atoms with Crippen molar-refractivity contribution >= 4 is 18.8 Å². The summed E-state index contributed by atoms with van der Waals surface area (Å²) < 4.78 is 47.7. The van der Waals surface area contributed by atoms with Crippen LogP contribution in [0.4, 0.5) is 8.22 Å². The Kier molecular flexibility index (Phi) is 4.28. The van der Waals surface area contributed by atoms with Gasteiger partial charge in [0.2, 0.25) is 10.0 Å². The van der Waals surface area contributed by atoms with E-state index in [1.807, 2.05) is 0 Å². The highest BCUT2D eigenvalue weighted by atomic mass is 32.2. The normalized spacial score (nSPS) is 13.3. The van der Waals surface area contributed by atoms with Crippen molar-refractivity contribution < 1.29 is 16.6 Å². The summed E-state index contributed by atoms with van der Waals surface area (Å²) in [4.78, 5) is 0. The molecule has 0 amide bonds. The molecule has 0 saturated carbocycles. The molecule has 12 heavy (non-hydrogen) atoms. The maximum atomic E-state index is 12.3. The minimum Gasteiger partial charge on any atom is -0.271 e. The Morgan fingerprint density at radius 3 is 2.25 bits per heavy atom. The molecule has 0 aromatic carbocycles. The van der Waals surface area contributed by atoms with E-state index in [1.165, 1.54) is 0 Å². The summed E-state index contributed by atoms with van der Waals surface area (Å²) >= 11 is 0. The highest BCUT2D eigenvalue weighted by molar-refractivity contribution is 7.88. The van der Waals surface area contributed by atoms with Crippen molar-refractivity contribution in [1.82, 2.24) is 4.72 Å². The maximum Gasteiger partial charge on any atom is 0.422 e. The molecule has 0 saturated heterocycles. The summed E-state index contributed by atoms with van der Waals surface area (Å²) in [7, 11) is -7.21. The predicted octanol–water partition coefficient (Wildman–Crippen LogP) is 0.937. The molecule has 0 aliphatic heterocycles. The lowest BCUT2D eigenvalue weighted by Gasteiger charge is -2.05. The Bertz CT molecular complexity index is 224. The van der Waals surface area contributed by atoms with Gasteiger partial charge in [0.15, 0.2) is 0 Å². The second kappa shape index (κ2) is 4.29. The summed E-state index contributed by atoms with van der Waals surface area (Å²) in [5.74, 6) is 0. The van der Waals surface area contributed by atoms with Crippen LogP contribution in [0.15, 0.2) is 0 Å². The summed E-state index contributed by atoms with van der Waals surface area (Å²) in [6.45, 7) is 1.06. The van der Waals surface area contributed by atoms with E-state index in [0.29, 0.717) is 0 Å². The van der Waals surface area contributed by atoms with E-state index in [2.05, 4.69) is 4.72 Å². The third-order valence-corrected chi connectivity index (χ3v) is 3.12. The van der Waals surface area contributed by atoms with Gasteiger partial charge in [-0.25, -0.2) is 13.1 Å². The first-order valence-electron chi connectivity index (χ1n) is 3.53. The zero-order valence-electron chi connectivity index (χ0n) is 7.10. The number of rotatable bonds is 5. The lowest BCUT2D eigenvalue weighted by atomic mass is 10.5. The minimum atomic E-state index is -3.99. The molecule has 7 heteroatoms. The molecule has 0 atom stereocenters. The van der Waals surface area contributed by atoms with Crippen LogP contribution in [0.25, 0.3) is 0 Å². The molecule has 1 N–H and O–H groups in total. The van der Waals surface area contributed by atoms with Gasteiger partial charge < -0.3 is 0 Å². The van der Waals surface area contributed by atoms with Crippen molar-refractivity contribution in [3.05, 3.63) is 0 Å². The van der Waals surface area contributed by atoms with Gasteiger partial charge in [-0.3, -0.25) is 8.22 Å². The molecular weight excluding hydrogens is 204 g/mol. The average molecular weight is 217 g/mol. The van der Waals surface area contributed by atoms with Gasteiger partial charge >= 0.3 is 8.74 Å². The van der Waals surface area contributed by atoms with Gasteiger partial charge in [-0.05, 0) is 19.0 Å². The zero-order chi connectivity index (χ0) is 9.83. The highest BCUT2D eigenvalue weighted by Gasteiger charge is 2.26. The van der Waals surface area contributed by atoms with Crippen LogP contribution >= 0.6 is 0 Å². The SMILES string of the molecule is C[Si](F)(F)CCCNS(C)(=O)=O. The fraction of sp³-hybridized carbons (Fsp3) is 1.00. The second-order valence-electron chi connectivity index (χ2n) is 2.84. The van der Waals surface area contributed by atoms with Crippen LogP contribution in [0.5, 0.6) is 0 Å². The second-order valence-corrected chi connectivity index (χ2v) is 7.31. The first-order chi connectivity index (χ1) is 5.21. The monoisotopic (exact) mass is 217 g/mol. The van der Waals surface area contributed by atoms with Crippen LogP contribution in [0.3, 0.4) is 0 Å². The predicted molar refractivity (Wildman–Crippen MR) is 46.1 cm³/mol. The molecule has 0 unspecified atom stereocenters. The number of sulfonamides is 1. The average Bonchev–Trinajstić information content (AvgIpc) is 1.76. The number of hydrogen-bond donors (Lipinski definition) is 1. The van der Waals surface area contributed by atoms with E-state index < -0.39 is 18.8 Å². The topological polar surface area (TPSA) is 46.2 Å². The minimum absolute atomic E-state index is 0.106. The molecule has 0 rings (SSSR count). The molecule has 0 spiro atoms. The van der Waals surface area contributed by atoms with Crippen molar-refractivity contribution in [3.8, 4) is 0 Å². The number of halogens is 2. The fourth-order valence-corrected chi connectivity index (χ4v) is 1.97. The van der Waals surface area contributed by atoms with Gasteiger partial charge in [-0.15, -0.1) is 0 Å². The highest BCUT2D eigenvalue weighted by Crippen LogP contribution is 2.13. The quantitative estimate of drug-likeness (QED) is 0.423. The Balaban J connectivity index is 3.48. The van der Waals surface area contributed by atoms with Gasteiger partial charge in [-0.2, -0.15) is 0 Å². The number of nitrogens with one attached hydrogen (secondary N) is 1. The first kappa shape index (κ1) is 12.0.